The van der Waals surface area contributed by atoms with Crippen LogP contribution in [-0.2, 0) is 35.2 Å². The fourth-order valence-corrected chi connectivity index (χ4v) is 4.48. The van der Waals surface area contributed by atoms with Gasteiger partial charge in [0.05, 0.1) is 0 Å². The number of ether oxygens (including phenoxy) is 2. The van der Waals surface area contributed by atoms with Gasteiger partial charge >= 0.3 is 18.0 Å². The molecule has 2 unspecified atom stereocenters. The molecule has 1 N–H and O–H groups in total. The smallest absolute Gasteiger partial charge is 0.324 e. The highest BCUT2D eigenvalue weighted by molar-refractivity contribution is 5.95. The Balaban J connectivity index is 1.68. The molecule has 1 heterocycles. The zero-order valence-electron chi connectivity index (χ0n) is 23.5. The van der Waals surface area contributed by atoms with Crippen LogP contribution in [0.15, 0.2) is 48.5 Å². The second-order valence-electron chi connectivity index (χ2n) is 9.68. The molecule has 2 aromatic carbocycles. The molecule has 1 fully saturated rings. The predicted octanol–water partition coefficient (Wildman–Crippen LogP) is 2.18. The highest BCUT2D eigenvalue weighted by Gasteiger charge is 2.41. The SMILES string of the molecule is CC(=O)OC(C(=O)NCCN1CCN(c2ccccc2C)C1=O)C(OC(C)=O)C(=O)N(C)Cc1ccccc1C. The predicted molar refractivity (Wildman–Crippen MR) is 147 cm³/mol. The van der Waals surface area contributed by atoms with Gasteiger partial charge in [0.25, 0.3) is 11.8 Å². The molecule has 0 saturated carbocycles. The van der Waals surface area contributed by atoms with Crippen LogP contribution in [0, 0.1) is 13.8 Å². The van der Waals surface area contributed by atoms with Crippen molar-refractivity contribution in [3.8, 4) is 0 Å². The van der Waals surface area contributed by atoms with Gasteiger partial charge in [-0.05, 0) is 36.6 Å². The van der Waals surface area contributed by atoms with Crippen LogP contribution < -0.4 is 10.2 Å². The molecule has 1 saturated heterocycles. The molecular formula is C29H36N4O7. The maximum absolute atomic E-state index is 13.4. The van der Waals surface area contributed by atoms with Gasteiger partial charge in [-0.1, -0.05) is 42.5 Å². The number of benzene rings is 2. The lowest BCUT2D eigenvalue weighted by Crippen LogP contribution is -2.54. The monoisotopic (exact) mass is 552 g/mol. The molecule has 1 aliphatic rings. The summed E-state index contributed by atoms with van der Waals surface area (Å²) in [4.78, 5) is 67.8. The summed E-state index contributed by atoms with van der Waals surface area (Å²) in [5.74, 6) is -3.16. The van der Waals surface area contributed by atoms with Gasteiger partial charge in [-0.3, -0.25) is 24.1 Å². The van der Waals surface area contributed by atoms with Gasteiger partial charge in [0.15, 0.2) is 0 Å². The van der Waals surface area contributed by atoms with Crippen molar-refractivity contribution >= 4 is 35.5 Å². The van der Waals surface area contributed by atoms with Crippen molar-refractivity contribution < 1.29 is 33.4 Å². The number of nitrogens with zero attached hydrogens (tertiary/aromatic N) is 3. The molecule has 4 amide bonds. The van der Waals surface area contributed by atoms with Crippen LogP contribution in [0.4, 0.5) is 10.5 Å². The highest BCUT2D eigenvalue weighted by atomic mass is 16.6. The molecule has 3 rings (SSSR count). The summed E-state index contributed by atoms with van der Waals surface area (Å²) in [6.45, 7) is 7.41. The van der Waals surface area contributed by atoms with Crippen molar-refractivity contribution in [1.82, 2.24) is 15.1 Å². The van der Waals surface area contributed by atoms with E-state index in [2.05, 4.69) is 5.32 Å². The number of aryl methyl sites for hydroxylation is 2. The third kappa shape index (κ3) is 7.58. The molecule has 11 heteroatoms. The molecule has 1 aliphatic heterocycles. The summed E-state index contributed by atoms with van der Waals surface area (Å²) in [6.07, 6.45) is -3.41. The van der Waals surface area contributed by atoms with Crippen molar-refractivity contribution in [1.29, 1.82) is 0 Å². The number of likely N-dealkylation sites (N-methyl/N-ethyl adjacent to an activating group) is 1. The molecule has 0 spiro atoms. The minimum absolute atomic E-state index is 0.0317. The molecular weight excluding hydrogens is 516 g/mol. The summed E-state index contributed by atoms with van der Waals surface area (Å²) in [6, 6.07) is 14.9. The first kappa shape index (κ1) is 30.1. The average molecular weight is 553 g/mol. The van der Waals surface area contributed by atoms with Gasteiger partial charge in [-0.25, -0.2) is 4.79 Å². The van der Waals surface area contributed by atoms with E-state index in [9.17, 15) is 24.0 Å². The van der Waals surface area contributed by atoms with E-state index < -0.39 is 36.0 Å². The Morgan fingerprint density at radius 3 is 2.12 bits per heavy atom. The fourth-order valence-electron chi connectivity index (χ4n) is 4.48. The largest absolute Gasteiger partial charge is 0.448 e. The Bertz CT molecular complexity index is 1260. The Morgan fingerprint density at radius 1 is 0.900 bits per heavy atom. The van der Waals surface area contributed by atoms with E-state index in [0.717, 1.165) is 36.2 Å². The van der Waals surface area contributed by atoms with E-state index in [4.69, 9.17) is 9.47 Å². The lowest BCUT2D eigenvalue weighted by atomic mass is 10.1. The van der Waals surface area contributed by atoms with Gasteiger partial charge in [-0.15, -0.1) is 0 Å². The average Bonchev–Trinajstić information content (AvgIpc) is 3.26. The van der Waals surface area contributed by atoms with Crippen molar-refractivity contribution in [2.75, 3.05) is 38.1 Å². The molecule has 2 atom stereocenters. The van der Waals surface area contributed by atoms with Gasteiger partial charge in [-0.2, -0.15) is 0 Å². The van der Waals surface area contributed by atoms with Crippen molar-refractivity contribution in [2.45, 2.75) is 46.4 Å². The van der Waals surface area contributed by atoms with E-state index in [1.807, 2.05) is 62.4 Å². The Morgan fingerprint density at radius 2 is 1.50 bits per heavy atom. The van der Waals surface area contributed by atoms with Crippen molar-refractivity contribution in [2.24, 2.45) is 0 Å². The number of nitrogens with one attached hydrogen (secondary N) is 1. The molecule has 40 heavy (non-hydrogen) atoms. The van der Waals surface area contributed by atoms with Crippen molar-refractivity contribution in [3.05, 3.63) is 65.2 Å². The number of carbonyl (C=O) groups excluding carboxylic acids is 5. The number of esters is 2. The van der Waals surface area contributed by atoms with Gasteiger partial charge < -0.3 is 24.6 Å². The van der Waals surface area contributed by atoms with Gasteiger partial charge in [0.1, 0.15) is 0 Å². The molecule has 214 valence electrons. The van der Waals surface area contributed by atoms with Gasteiger partial charge in [0, 0.05) is 59.3 Å². The van der Waals surface area contributed by atoms with Gasteiger partial charge in [0.2, 0.25) is 12.2 Å². The summed E-state index contributed by atoms with van der Waals surface area (Å²) in [7, 11) is 1.51. The number of urea groups is 1. The quantitative estimate of drug-likeness (QED) is 0.424. The second kappa shape index (κ2) is 13.6. The highest BCUT2D eigenvalue weighted by Crippen LogP contribution is 2.23. The summed E-state index contributed by atoms with van der Waals surface area (Å²) in [5, 5.41) is 2.62. The fraction of sp³-hybridized carbons (Fsp3) is 0.414. The van der Waals surface area contributed by atoms with Crippen LogP contribution in [0.5, 0.6) is 0 Å². The number of para-hydroxylation sites is 1. The van der Waals surface area contributed by atoms with Crippen LogP contribution in [0.2, 0.25) is 0 Å². The second-order valence-corrected chi connectivity index (χ2v) is 9.68. The number of hydrogen-bond acceptors (Lipinski definition) is 7. The molecule has 0 bridgehead atoms. The third-order valence-electron chi connectivity index (χ3n) is 6.59. The summed E-state index contributed by atoms with van der Waals surface area (Å²) < 4.78 is 10.4. The Hall–Kier alpha value is -4.41. The van der Waals surface area contributed by atoms with Crippen LogP contribution in [-0.4, -0.2) is 85.0 Å². The number of amides is 4. The zero-order valence-corrected chi connectivity index (χ0v) is 23.5. The normalized spacial score (nSPS) is 14.4. The number of carbonyl (C=O) groups is 5. The minimum Gasteiger partial charge on any atom is -0.448 e. The van der Waals surface area contributed by atoms with E-state index in [1.54, 1.807) is 9.80 Å². The molecule has 0 radical (unpaired) electrons. The lowest BCUT2D eigenvalue weighted by molar-refractivity contribution is -0.177. The van der Waals surface area contributed by atoms with Crippen LogP contribution in [0.25, 0.3) is 0 Å². The number of anilines is 1. The lowest BCUT2D eigenvalue weighted by Gasteiger charge is -2.29. The van der Waals surface area contributed by atoms with E-state index in [1.165, 1.54) is 11.9 Å². The van der Waals surface area contributed by atoms with E-state index in [-0.39, 0.29) is 25.7 Å². The summed E-state index contributed by atoms with van der Waals surface area (Å²) >= 11 is 0. The molecule has 11 nitrogen and oxygen atoms in total. The minimum atomic E-state index is -1.72. The van der Waals surface area contributed by atoms with Crippen LogP contribution in [0.3, 0.4) is 0 Å². The Labute approximate surface area is 234 Å². The molecule has 0 aromatic heterocycles. The van der Waals surface area contributed by atoms with Crippen LogP contribution in [0.1, 0.15) is 30.5 Å². The maximum atomic E-state index is 13.4. The first-order valence-corrected chi connectivity index (χ1v) is 13.0. The summed E-state index contributed by atoms with van der Waals surface area (Å²) in [5.41, 5.74) is 3.62. The maximum Gasteiger partial charge on any atom is 0.324 e. The molecule has 2 aromatic rings. The first-order chi connectivity index (χ1) is 19.0. The third-order valence-corrected chi connectivity index (χ3v) is 6.59. The standard InChI is InChI=1S/C29H36N4O7/c1-19-10-6-8-12-23(19)18-31(5)28(37)26(40-22(4)35)25(39-21(3)34)27(36)30-14-15-32-16-17-33(29(32)38)24-13-9-7-11-20(24)2/h6-13,25-26H,14-18H2,1-5H3,(H,30,36). The van der Waals surface area contributed by atoms with E-state index in [0.29, 0.717) is 13.1 Å². The number of hydrogen-bond donors (Lipinski definition) is 1. The molecule has 0 aliphatic carbocycles. The topological polar surface area (TPSA) is 126 Å². The van der Waals surface area contributed by atoms with Crippen molar-refractivity contribution in [3.63, 3.8) is 0 Å². The van der Waals surface area contributed by atoms with Crippen LogP contribution >= 0.6 is 0 Å². The first-order valence-electron chi connectivity index (χ1n) is 13.0. The zero-order chi connectivity index (χ0) is 29.4. The number of rotatable bonds is 11. The van der Waals surface area contributed by atoms with E-state index >= 15 is 0 Å². The Kier molecular flexibility index (Phi) is 10.2.